The van der Waals surface area contributed by atoms with Crippen LogP contribution in [-0.4, -0.2) is 14.5 Å². The topological polar surface area (TPSA) is 72.2 Å². The summed E-state index contributed by atoms with van der Waals surface area (Å²) in [5.74, 6) is 1.91. The van der Waals surface area contributed by atoms with Gasteiger partial charge in [0.2, 0.25) is 10.0 Å². The first-order chi connectivity index (χ1) is 8.25. The normalized spacial score (nSPS) is 13.1. The number of anilines is 1. The quantitative estimate of drug-likeness (QED) is 0.815. The number of nitrogens with two attached hydrogens (primary N) is 1. The molecule has 0 heterocycles. The van der Waals surface area contributed by atoms with Crippen LogP contribution >= 0.6 is 0 Å². The van der Waals surface area contributed by atoms with E-state index in [4.69, 9.17) is 11.6 Å². The lowest BCUT2D eigenvalue weighted by Gasteiger charge is -2.18. The Morgan fingerprint density at radius 1 is 1.44 bits per heavy atom. The molecule has 0 fully saturated rings. The zero-order valence-corrected chi connectivity index (χ0v) is 11.0. The molecule has 3 N–H and O–H groups in total. The van der Waals surface area contributed by atoms with Crippen LogP contribution in [0, 0.1) is 24.1 Å². The number of benzene rings is 1. The summed E-state index contributed by atoms with van der Waals surface area (Å²) in [5.41, 5.74) is 0.152. The smallest absolute Gasteiger partial charge is 0.238 e. The van der Waals surface area contributed by atoms with Gasteiger partial charge in [-0.25, -0.2) is 17.9 Å². The lowest BCUT2D eigenvalue weighted by Crippen LogP contribution is -2.24. The van der Waals surface area contributed by atoms with Gasteiger partial charge in [-0.15, -0.1) is 6.42 Å². The molecular formula is C12H15FN2O2S. The van der Waals surface area contributed by atoms with Crippen LogP contribution in [0.25, 0.3) is 0 Å². The van der Waals surface area contributed by atoms with Crippen LogP contribution in [-0.2, 0) is 10.0 Å². The van der Waals surface area contributed by atoms with Gasteiger partial charge in [0.25, 0.3) is 0 Å². The van der Waals surface area contributed by atoms with E-state index in [0.717, 1.165) is 6.07 Å². The van der Waals surface area contributed by atoms with E-state index >= 15 is 0 Å². The number of halogens is 1. The van der Waals surface area contributed by atoms with Crippen molar-refractivity contribution in [2.24, 2.45) is 11.1 Å². The molecule has 1 atom stereocenters. The summed E-state index contributed by atoms with van der Waals surface area (Å²) in [6, 6.07) is 3.07. The minimum atomic E-state index is -3.90. The summed E-state index contributed by atoms with van der Waals surface area (Å²) in [4.78, 5) is -0.271. The fourth-order valence-electron chi connectivity index (χ4n) is 1.36. The highest BCUT2D eigenvalue weighted by atomic mass is 32.2. The fourth-order valence-corrected chi connectivity index (χ4v) is 1.88. The van der Waals surface area contributed by atoms with Crippen molar-refractivity contribution in [1.82, 2.24) is 0 Å². The first-order valence-corrected chi connectivity index (χ1v) is 6.85. The van der Waals surface area contributed by atoms with Crippen molar-refractivity contribution < 1.29 is 12.8 Å². The van der Waals surface area contributed by atoms with E-state index in [-0.39, 0.29) is 22.5 Å². The third kappa shape index (κ3) is 3.45. The van der Waals surface area contributed by atoms with Gasteiger partial charge in [0.15, 0.2) is 0 Å². The van der Waals surface area contributed by atoms with Gasteiger partial charge in [-0.2, -0.15) is 0 Å². The Labute approximate surface area is 106 Å². The van der Waals surface area contributed by atoms with Gasteiger partial charge in [-0.1, -0.05) is 19.8 Å². The van der Waals surface area contributed by atoms with Gasteiger partial charge >= 0.3 is 0 Å². The molecule has 0 aromatic heterocycles. The maximum absolute atomic E-state index is 13.7. The second kappa shape index (κ2) is 5.38. The van der Waals surface area contributed by atoms with E-state index in [1.165, 1.54) is 12.1 Å². The van der Waals surface area contributed by atoms with E-state index in [0.29, 0.717) is 0 Å². The Balaban J connectivity index is 3.04. The highest BCUT2D eigenvalue weighted by molar-refractivity contribution is 7.89. The van der Waals surface area contributed by atoms with Crippen molar-refractivity contribution in [1.29, 1.82) is 0 Å². The molecule has 0 radical (unpaired) electrons. The second-order valence-electron chi connectivity index (χ2n) is 4.22. The Hall–Kier alpha value is -1.58. The Morgan fingerprint density at radius 3 is 2.44 bits per heavy atom. The average Bonchev–Trinajstić information content (AvgIpc) is 2.25. The molecule has 1 rings (SSSR count). The molecular weight excluding hydrogens is 255 g/mol. The zero-order chi connectivity index (χ0) is 13.9. The van der Waals surface area contributed by atoms with Crippen LogP contribution in [0.2, 0.25) is 0 Å². The first-order valence-electron chi connectivity index (χ1n) is 5.30. The molecule has 1 aromatic rings. The third-order valence-electron chi connectivity index (χ3n) is 2.43. The molecule has 98 valence electrons. The van der Waals surface area contributed by atoms with E-state index in [1.807, 2.05) is 13.8 Å². The van der Waals surface area contributed by atoms with Crippen molar-refractivity contribution >= 4 is 15.7 Å². The summed E-state index contributed by atoms with van der Waals surface area (Å²) >= 11 is 0. The molecule has 1 aromatic carbocycles. The molecule has 0 spiro atoms. The van der Waals surface area contributed by atoms with Crippen LogP contribution in [0.4, 0.5) is 10.1 Å². The molecule has 0 amide bonds. The van der Waals surface area contributed by atoms with Crippen LogP contribution in [0.3, 0.4) is 0 Å². The molecule has 0 aliphatic rings. The minimum absolute atomic E-state index is 0.118. The lowest BCUT2D eigenvalue weighted by atomic mass is 10.1. The maximum atomic E-state index is 13.7. The predicted octanol–water partition coefficient (Wildman–Crippen LogP) is 1.54. The Morgan fingerprint density at radius 2 is 2.06 bits per heavy atom. The monoisotopic (exact) mass is 270 g/mol. The van der Waals surface area contributed by atoms with Gasteiger partial charge in [0.1, 0.15) is 5.82 Å². The van der Waals surface area contributed by atoms with Crippen LogP contribution in [0.5, 0.6) is 0 Å². The molecule has 0 saturated carbocycles. The molecule has 6 heteroatoms. The number of rotatable bonds is 4. The molecule has 0 aliphatic carbocycles. The summed E-state index contributed by atoms with van der Waals surface area (Å²) < 4.78 is 35.8. The summed E-state index contributed by atoms with van der Waals surface area (Å²) in [5, 5.41) is 7.73. The molecule has 18 heavy (non-hydrogen) atoms. The highest BCUT2D eigenvalue weighted by Crippen LogP contribution is 2.20. The number of nitrogens with one attached hydrogen (secondary N) is 1. The predicted molar refractivity (Wildman–Crippen MR) is 68.9 cm³/mol. The zero-order valence-electron chi connectivity index (χ0n) is 10.1. The van der Waals surface area contributed by atoms with E-state index in [1.54, 1.807) is 0 Å². The van der Waals surface area contributed by atoms with Crippen molar-refractivity contribution in [2.75, 3.05) is 5.32 Å². The molecule has 0 saturated heterocycles. The number of sulfonamides is 1. The van der Waals surface area contributed by atoms with Gasteiger partial charge < -0.3 is 5.32 Å². The summed E-state index contributed by atoms with van der Waals surface area (Å²) in [7, 11) is -3.90. The molecule has 1 unspecified atom stereocenters. The van der Waals surface area contributed by atoms with Crippen LogP contribution < -0.4 is 10.5 Å². The minimum Gasteiger partial charge on any atom is -0.369 e. The second-order valence-corrected chi connectivity index (χ2v) is 5.78. The van der Waals surface area contributed by atoms with Gasteiger partial charge in [0.05, 0.1) is 16.6 Å². The lowest BCUT2D eigenvalue weighted by molar-refractivity contribution is 0.587. The van der Waals surface area contributed by atoms with Crippen molar-refractivity contribution in [3.05, 3.63) is 24.0 Å². The third-order valence-corrected chi connectivity index (χ3v) is 3.34. The largest absolute Gasteiger partial charge is 0.369 e. The van der Waals surface area contributed by atoms with Gasteiger partial charge in [0, 0.05) is 0 Å². The highest BCUT2D eigenvalue weighted by Gasteiger charge is 2.15. The number of hydrogen-bond acceptors (Lipinski definition) is 3. The molecule has 4 nitrogen and oxygen atoms in total. The number of terminal acetylenes is 1. The van der Waals surface area contributed by atoms with Crippen LogP contribution in [0.1, 0.15) is 13.8 Å². The standard InChI is InChI=1S/C12H15FN2O2S/c1-4-11(8(2)3)15-12-6-5-9(7-10(12)13)18(14,16)17/h1,5-8,11,15H,2-3H3,(H2,14,16,17). The fraction of sp³-hybridized carbons (Fsp3) is 0.333. The molecule has 0 aliphatic heterocycles. The first kappa shape index (κ1) is 14.5. The van der Waals surface area contributed by atoms with E-state index in [9.17, 15) is 12.8 Å². The van der Waals surface area contributed by atoms with Crippen molar-refractivity contribution in [2.45, 2.75) is 24.8 Å². The van der Waals surface area contributed by atoms with Crippen molar-refractivity contribution in [3.8, 4) is 12.3 Å². The average molecular weight is 270 g/mol. The van der Waals surface area contributed by atoms with Gasteiger partial charge in [-0.05, 0) is 24.1 Å². The summed E-state index contributed by atoms with van der Waals surface area (Å²) in [6.45, 7) is 3.79. The number of primary sulfonamides is 1. The summed E-state index contributed by atoms with van der Waals surface area (Å²) in [6.07, 6.45) is 5.32. The van der Waals surface area contributed by atoms with E-state index in [2.05, 4.69) is 11.2 Å². The van der Waals surface area contributed by atoms with E-state index < -0.39 is 15.8 Å². The Kier molecular flexibility index (Phi) is 4.33. The molecule has 0 bridgehead atoms. The van der Waals surface area contributed by atoms with Gasteiger partial charge in [-0.3, -0.25) is 0 Å². The SMILES string of the molecule is C#CC(Nc1ccc(S(N)(=O)=O)cc1F)C(C)C. The maximum Gasteiger partial charge on any atom is 0.238 e. The Bertz CT molecular complexity index is 576. The number of hydrogen-bond donors (Lipinski definition) is 2. The van der Waals surface area contributed by atoms with Crippen molar-refractivity contribution in [3.63, 3.8) is 0 Å². The van der Waals surface area contributed by atoms with Crippen LogP contribution in [0.15, 0.2) is 23.1 Å².